The summed E-state index contributed by atoms with van der Waals surface area (Å²) in [5.41, 5.74) is 4.17. The zero-order chi connectivity index (χ0) is 22.5. The van der Waals surface area contributed by atoms with Crippen molar-refractivity contribution in [2.24, 2.45) is 5.92 Å². The van der Waals surface area contributed by atoms with E-state index in [9.17, 15) is 14.4 Å². The lowest BCUT2D eigenvalue weighted by molar-refractivity contribution is -0.122. The summed E-state index contributed by atoms with van der Waals surface area (Å²) < 4.78 is 0. The molecule has 1 heterocycles. The van der Waals surface area contributed by atoms with E-state index in [4.69, 9.17) is 0 Å². The highest BCUT2D eigenvalue weighted by Crippen LogP contribution is 2.29. The molecule has 2 aromatic rings. The molecule has 1 atom stereocenters. The van der Waals surface area contributed by atoms with E-state index in [1.165, 1.54) is 6.92 Å². The van der Waals surface area contributed by atoms with E-state index in [1.54, 1.807) is 29.2 Å². The van der Waals surface area contributed by atoms with Gasteiger partial charge in [-0.25, -0.2) is 0 Å². The van der Waals surface area contributed by atoms with Crippen LogP contribution in [0.5, 0.6) is 0 Å². The number of nitrogens with zero attached hydrogens (tertiary/aromatic N) is 2. The minimum absolute atomic E-state index is 0.103. The minimum atomic E-state index is -0.432. The van der Waals surface area contributed by atoms with Crippen LogP contribution in [0.1, 0.15) is 32.8 Å². The van der Waals surface area contributed by atoms with Gasteiger partial charge in [-0.15, -0.1) is 0 Å². The van der Waals surface area contributed by atoms with E-state index < -0.39 is 5.92 Å². The third-order valence-corrected chi connectivity index (χ3v) is 5.57. The summed E-state index contributed by atoms with van der Waals surface area (Å²) in [4.78, 5) is 40.6. The van der Waals surface area contributed by atoms with E-state index in [0.29, 0.717) is 17.9 Å². The van der Waals surface area contributed by atoms with Crippen molar-refractivity contribution in [2.45, 2.75) is 34.1 Å². The van der Waals surface area contributed by atoms with Crippen molar-refractivity contribution in [3.63, 3.8) is 0 Å². The molecule has 0 unspecified atom stereocenters. The minimum Gasteiger partial charge on any atom is -0.372 e. The average Bonchev–Trinajstić information content (AvgIpc) is 3.12. The van der Waals surface area contributed by atoms with Crippen LogP contribution in [0, 0.1) is 12.8 Å². The molecule has 1 aliphatic heterocycles. The highest BCUT2D eigenvalue weighted by atomic mass is 16.2. The molecule has 31 heavy (non-hydrogen) atoms. The standard InChI is InChI=1S/C24H30N4O3/c1-5-27(6-2)20-10-11-22(16(3)12-20)26-24(31)18-13-23(30)28(15-18)21-9-7-8-19(14-21)25-17(4)29/h7-12,14,18H,5-6,13,15H2,1-4H3,(H,25,29)(H,26,31)/t18-/m0/s1. The smallest absolute Gasteiger partial charge is 0.229 e. The normalized spacial score (nSPS) is 15.7. The van der Waals surface area contributed by atoms with Gasteiger partial charge in [-0.05, 0) is 62.7 Å². The molecule has 1 fully saturated rings. The number of amides is 3. The van der Waals surface area contributed by atoms with Gasteiger partial charge >= 0.3 is 0 Å². The average molecular weight is 423 g/mol. The first kappa shape index (κ1) is 22.3. The molecule has 0 spiro atoms. The zero-order valence-electron chi connectivity index (χ0n) is 18.6. The molecule has 3 rings (SSSR count). The first-order valence-electron chi connectivity index (χ1n) is 10.7. The largest absolute Gasteiger partial charge is 0.372 e. The highest BCUT2D eigenvalue weighted by molar-refractivity contribution is 6.04. The molecule has 164 valence electrons. The van der Waals surface area contributed by atoms with E-state index >= 15 is 0 Å². The van der Waals surface area contributed by atoms with Crippen LogP contribution in [0.3, 0.4) is 0 Å². The molecule has 1 aliphatic rings. The van der Waals surface area contributed by atoms with Gasteiger partial charge in [-0.3, -0.25) is 14.4 Å². The summed E-state index contributed by atoms with van der Waals surface area (Å²) in [6.07, 6.45) is 0.160. The molecule has 3 amide bonds. The van der Waals surface area contributed by atoms with Gasteiger partial charge in [0, 0.05) is 55.7 Å². The van der Waals surface area contributed by atoms with Gasteiger partial charge < -0.3 is 20.4 Å². The van der Waals surface area contributed by atoms with Crippen LogP contribution in [-0.4, -0.2) is 37.4 Å². The fourth-order valence-electron chi connectivity index (χ4n) is 3.90. The summed E-state index contributed by atoms with van der Waals surface area (Å²) in [5, 5.41) is 5.71. The van der Waals surface area contributed by atoms with Gasteiger partial charge in [0.25, 0.3) is 0 Å². The molecular weight excluding hydrogens is 392 g/mol. The molecular formula is C24H30N4O3. The second-order valence-electron chi connectivity index (χ2n) is 7.80. The Hall–Kier alpha value is -3.35. The van der Waals surface area contributed by atoms with E-state index in [0.717, 1.165) is 30.0 Å². The van der Waals surface area contributed by atoms with E-state index in [-0.39, 0.29) is 24.1 Å². The Morgan fingerprint density at radius 2 is 1.84 bits per heavy atom. The maximum Gasteiger partial charge on any atom is 0.229 e. The Kier molecular flexibility index (Phi) is 6.95. The van der Waals surface area contributed by atoms with Crippen molar-refractivity contribution in [1.29, 1.82) is 0 Å². The molecule has 0 bridgehead atoms. The lowest BCUT2D eigenvalue weighted by Gasteiger charge is -2.22. The second-order valence-corrected chi connectivity index (χ2v) is 7.80. The van der Waals surface area contributed by atoms with Gasteiger partial charge in [0.2, 0.25) is 17.7 Å². The Bertz CT molecular complexity index is 985. The van der Waals surface area contributed by atoms with Crippen LogP contribution < -0.4 is 20.4 Å². The Morgan fingerprint density at radius 3 is 2.48 bits per heavy atom. The van der Waals surface area contributed by atoms with Crippen molar-refractivity contribution in [1.82, 2.24) is 0 Å². The number of nitrogens with one attached hydrogen (secondary N) is 2. The van der Waals surface area contributed by atoms with Gasteiger partial charge in [0.05, 0.1) is 5.92 Å². The lowest BCUT2D eigenvalue weighted by atomic mass is 10.1. The first-order chi connectivity index (χ1) is 14.8. The monoisotopic (exact) mass is 422 g/mol. The van der Waals surface area contributed by atoms with Gasteiger partial charge in [-0.1, -0.05) is 6.07 Å². The predicted octanol–water partition coefficient (Wildman–Crippen LogP) is 3.79. The van der Waals surface area contributed by atoms with Crippen molar-refractivity contribution >= 4 is 40.5 Å². The number of carbonyl (C=O) groups excluding carboxylic acids is 3. The van der Waals surface area contributed by atoms with Gasteiger partial charge in [0.1, 0.15) is 0 Å². The SMILES string of the molecule is CCN(CC)c1ccc(NC(=O)[C@H]2CC(=O)N(c3cccc(NC(C)=O)c3)C2)c(C)c1. The molecule has 1 saturated heterocycles. The highest BCUT2D eigenvalue weighted by Gasteiger charge is 2.35. The molecule has 7 heteroatoms. The zero-order valence-corrected chi connectivity index (χ0v) is 18.6. The fourth-order valence-corrected chi connectivity index (χ4v) is 3.90. The lowest BCUT2D eigenvalue weighted by Crippen LogP contribution is -2.28. The van der Waals surface area contributed by atoms with Crippen LogP contribution in [-0.2, 0) is 14.4 Å². The van der Waals surface area contributed by atoms with Crippen LogP contribution in [0.2, 0.25) is 0 Å². The maximum absolute atomic E-state index is 12.9. The number of rotatable bonds is 7. The summed E-state index contributed by atoms with van der Waals surface area (Å²) in [6, 6.07) is 13.1. The second kappa shape index (κ2) is 9.64. The predicted molar refractivity (Wildman–Crippen MR) is 125 cm³/mol. The number of anilines is 4. The number of aryl methyl sites for hydroxylation is 1. The third-order valence-electron chi connectivity index (χ3n) is 5.57. The molecule has 2 N–H and O–H groups in total. The summed E-state index contributed by atoms with van der Waals surface area (Å²) >= 11 is 0. The molecule has 2 aromatic carbocycles. The molecule has 0 aromatic heterocycles. The Labute approximate surface area is 183 Å². The molecule has 7 nitrogen and oxygen atoms in total. The summed E-state index contributed by atoms with van der Waals surface area (Å²) in [7, 11) is 0. The molecule has 0 saturated carbocycles. The van der Waals surface area contributed by atoms with Crippen molar-refractivity contribution in [3.8, 4) is 0 Å². The van der Waals surface area contributed by atoms with Crippen molar-refractivity contribution in [2.75, 3.05) is 40.1 Å². The quantitative estimate of drug-likeness (QED) is 0.711. The van der Waals surface area contributed by atoms with Crippen LogP contribution in [0.25, 0.3) is 0 Å². The fraction of sp³-hybridized carbons (Fsp3) is 0.375. The van der Waals surface area contributed by atoms with Crippen LogP contribution >= 0.6 is 0 Å². The molecule has 0 radical (unpaired) electrons. The van der Waals surface area contributed by atoms with Crippen LogP contribution in [0.15, 0.2) is 42.5 Å². The van der Waals surface area contributed by atoms with E-state index in [1.807, 2.05) is 19.1 Å². The van der Waals surface area contributed by atoms with Crippen molar-refractivity contribution < 1.29 is 14.4 Å². The number of hydrogen-bond donors (Lipinski definition) is 2. The van der Waals surface area contributed by atoms with E-state index in [2.05, 4.69) is 35.4 Å². The van der Waals surface area contributed by atoms with Crippen molar-refractivity contribution in [3.05, 3.63) is 48.0 Å². The Balaban J connectivity index is 1.69. The summed E-state index contributed by atoms with van der Waals surface area (Å²) in [5.74, 6) is -0.871. The number of benzene rings is 2. The van der Waals surface area contributed by atoms with Gasteiger partial charge in [-0.2, -0.15) is 0 Å². The third kappa shape index (κ3) is 5.23. The molecule has 0 aliphatic carbocycles. The van der Waals surface area contributed by atoms with Crippen LogP contribution in [0.4, 0.5) is 22.7 Å². The summed E-state index contributed by atoms with van der Waals surface area (Å²) in [6.45, 7) is 9.79. The maximum atomic E-state index is 12.9. The Morgan fingerprint density at radius 1 is 1.10 bits per heavy atom. The topological polar surface area (TPSA) is 81.8 Å². The van der Waals surface area contributed by atoms with Gasteiger partial charge in [0.15, 0.2) is 0 Å². The first-order valence-corrected chi connectivity index (χ1v) is 10.7. The number of carbonyl (C=O) groups is 3. The number of hydrogen-bond acceptors (Lipinski definition) is 4.